The van der Waals surface area contributed by atoms with E-state index in [1.54, 1.807) is 37.8 Å². The van der Waals surface area contributed by atoms with E-state index in [0.29, 0.717) is 5.69 Å². The molecule has 1 aromatic heterocycles. The van der Waals surface area contributed by atoms with Crippen LogP contribution in [0.3, 0.4) is 0 Å². The van der Waals surface area contributed by atoms with Crippen LogP contribution in [0.4, 0.5) is 0 Å². The normalized spacial score (nSPS) is 15.1. The molecular weight excluding hydrogens is 228 g/mol. The highest BCUT2D eigenvalue weighted by atomic mass is 32.2. The van der Waals surface area contributed by atoms with E-state index in [2.05, 4.69) is 10.5 Å². The van der Waals surface area contributed by atoms with Crippen LogP contribution >= 0.6 is 0 Å². The lowest BCUT2D eigenvalue weighted by Crippen LogP contribution is -2.47. The summed E-state index contributed by atoms with van der Waals surface area (Å²) in [5, 5.41) is 4.17. The molecule has 0 amide bonds. The minimum absolute atomic E-state index is 0.538. The van der Waals surface area contributed by atoms with E-state index >= 15 is 0 Å². The number of hydrazine groups is 1. The van der Waals surface area contributed by atoms with Gasteiger partial charge in [0.25, 0.3) is 0 Å². The summed E-state index contributed by atoms with van der Waals surface area (Å²) in [5.74, 6) is 5.43. The number of nitrogens with one attached hydrogen (secondary N) is 1. The van der Waals surface area contributed by atoms with Gasteiger partial charge in [-0.05, 0) is 19.9 Å². The fraction of sp³-hybridized carbons (Fsp3) is 0.667. The standard InChI is InChI=1S/C9H18N4O2S/c1-9(2,16(4,14)15)8(11-10)7-5-6-13(3)12-7/h5-6,8,11H,10H2,1-4H3. The fourth-order valence-electron chi connectivity index (χ4n) is 1.44. The molecule has 0 radical (unpaired) electrons. The van der Waals surface area contributed by atoms with Gasteiger partial charge in [0.05, 0.1) is 16.5 Å². The van der Waals surface area contributed by atoms with Crippen molar-refractivity contribution in [1.29, 1.82) is 0 Å². The molecule has 0 aliphatic heterocycles. The van der Waals surface area contributed by atoms with Crippen LogP contribution in [-0.2, 0) is 16.9 Å². The van der Waals surface area contributed by atoms with Crippen LogP contribution in [0.25, 0.3) is 0 Å². The number of hydrogen-bond acceptors (Lipinski definition) is 5. The first-order valence-electron chi connectivity index (χ1n) is 4.85. The average Bonchev–Trinajstić information content (AvgIpc) is 2.50. The molecule has 0 aliphatic carbocycles. The average molecular weight is 246 g/mol. The summed E-state index contributed by atoms with van der Waals surface area (Å²) < 4.78 is 24.0. The van der Waals surface area contributed by atoms with Gasteiger partial charge < -0.3 is 0 Å². The summed E-state index contributed by atoms with van der Waals surface area (Å²) >= 11 is 0. The molecular formula is C9H18N4O2S. The maximum absolute atomic E-state index is 11.7. The third-order valence-electron chi connectivity index (χ3n) is 2.85. The van der Waals surface area contributed by atoms with E-state index in [1.165, 1.54) is 6.26 Å². The van der Waals surface area contributed by atoms with Crippen LogP contribution in [0.1, 0.15) is 25.6 Å². The zero-order chi connectivity index (χ0) is 12.6. The van der Waals surface area contributed by atoms with Gasteiger partial charge in [0.2, 0.25) is 0 Å². The molecule has 0 bridgehead atoms. The summed E-state index contributed by atoms with van der Waals surface area (Å²) in [7, 11) is -1.48. The first kappa shape index (κ1) is 13.1. The lowest BCUT2D eigenvalue weighted by atomic mass is 10.0. The minimum atomic E-state index is -3.24. The predicted molar refractivity (Wildman–Crippen MR) is 62.2 cm³/mol. The van der Waals surface area contributed by atoms with Crippen LogP contribution < -0.4 is 11.3 Å². The second kappa shape index (κ2) is 4.15. The Hall–Kier alpha value is -0.920. The van der Waals surface area contributed by atoms with Crippen LogP contribution in [0.2, 0.25) is 0 Å². The molecule has 1 aromatic rings. The van der Waals surface area contributed by atoms with Crippen molar-refractivity contribution in [2.24, 2.45) is 12.9 Å². The molecule has 0 saturated heterocycles. The first-order chi connectivity index (χ1) is 7.20. The van der Waals surface area contributed by atoms with Crippen molar-refractivity contribution in [3.63, 3.8) is 0 Å². The van der Waals surface area contributed by atoms with Crippen LogP contribution in [0, 0.1) is 0 Å². The Labute approximate surface area is 95.7 Å². The highest BCUT2D eigenvalue weighted by Gasteiger charge is 2.40. The van der Waals surface area contributed by atoms with Gasteiger partial charge in [0, 0.05) is 19.5 Å². The maximum atomic E-state index is 11.7. The molecule has 7 heteroatoms. The molecule has 0 aliphatic rings. The molecule has 16 heavy (non-hydrogen) atoms. The topological polar surface area (TPSA) is 90.0 Å². The fourth-order valence-corrected chi connectivity index (χ4v) is 2.06. The molecule has 0 saturated carbocycles. The summed E-state index contributed by atoms with van der Waals surface area (Å²) in [6, 6.07) is 1.21. The van der Waals surface area contributed by atoms with Crippen LogP contribution in [0.5, 0.6) is 0 Å². The quantitative estimate of drug-likeness (QED) is 0.564. The second-order valence-corrected chi connectivity index (χ2v) is 6.99. The highest BCUT2D eigenvalue weighted by Crippen LogP contribution is 2.30. The number of rotatable bonds is 4. The largest absolute Gasteiger partial charge is 0.275 e. The first-order valence-corrected chi connectivity index (χ1v) is 6.74. The number of hydrogen-bond donors (Lipinski definition) is 2. The van der Waals surface area contributed by atoms with E-state index < -0.39 is 20.6 Å². The second-order valence-electron chi connectivity index (χ2n) is 4.39. The molecule has 0 spiro atoms. The number of aromatic nitrogens is 2. The Bertz CT molecular complexity index is 464. The van der Waals surface area contributed by atoms with Gasteiger partial charge in [-0.1, -0.05) is 0 Å². The van der Waals surface area contributed by atoms with Crippen molar-refractivity contribution in [1.82, 2.24) is 15.2 Å². The van der Waals surface area contributed by atoms with Crippen molar-refractivity contribution in [3.8, 4) is 0 Å². The molecule has 1 unspecified atom stereocenters. The predicted octanol–water partition coefficient (Wildman–Crippen LogP) is -0.252. The summed E-state index contributed by atoms with van der Waals surface area (Å²) in [5.41, 5.74) is 3.14. The van der Waals surface area contributed by atoms with Gasteiger partial charge in [0.15, 0.2) is 9.84 Å². The summed E-state index contributed by atoms with van der Waals surface area (Å²) in [4.78, 5) is 0. The van der Waals surface area contributed by atoms with Gasteiger partial charge in [-0.25, -0.2) is 13.8 Å². The van der Waals surface area contributed by atoms with Crippen molar-refractivity contribution in [2.75, 3.05) is 6.26 Å². The molecule has 0 fully saturated rings. The van der Waals surface area contributed by atoms with Crippen molar-refractivity contribution < 1.29 is 8.42 Å². The van der Waals surface area contributed by atoms with E-state index in [0.717, 1.165) is 0 Å². The van der Waals surface area contributed by atoms with Gasteiger partial charge in [-0.3, -0.25) is 10.5 Å². The molecule has 3 N–H and O–H groups in total. The molecule has 1 atom stereocenters. The lowest BCUT2D eigenvalue weighted by Gasteiger charge is -2.30. The van der Waals surface area contributed by atoms with Gasteiger partial charge >= 0.3 is 0 Å². The number of sulfone groups is 1. The van der Waals surface area contributed by atoms with Crippen LogP contribution in [0.15, 0.2) is 12.3 Å². The van der Waals surface area contributed by atoms with Crippen molar-refractivity contribution in [3.05, 3.63) is 18.0 Å². The van der Waals surface area contributed by atoms with E-state index in [4.69, 9.17) is 5.84 Å². The smallest absolute Gasteiger partial charge is 0.154 e. The Balaban J connectivity index is 3.18. The molecule has 0 aromatic carbocycles. The Morgan fingerprint density at radius 2 is 2.12 bits per heavy atom. The Kier molecular flexibility index (Phi) is 3.41. The van der Waals surface area contributed by atoms with E-state index in [9.17, 15) is 8.42 Å². The van der Waals surface area contributed by atoms with E-state index in [1.807, 2.05) is 0 Å². The summed E-state index contributed by atoms with van der Waals surface area (Å²) in [6.07, 6.45) is 2.94. The molecule has 92 valence electrons. The van der Waals surface area contributed by atoms with Crippen molar-refractivity contribution >= 4 is 9.84 Å². The van der Waals surface area contributed by atoms with Gasteiger partial charge in [-0.15, -0.1) is 0 Å². The zero-order valence-corrected chi connectivity index (χ0v) is 10.7. The summed E-state index contributed by atoms with van der Waals surface area (Å²) in [6.45, 7) is 3.25. The molecule has 1 heterocycles. The SMILES string of the molecule is Cn1ccc(C(NN)C(C)(C)S(C)(=O)=O)n1. The van der Waals surface area contributed by atoms with Gasteiger partial charge in [0.1, 0.15) is 0 Å². The van der Waals surface area contributed by atoms with Crippen molar-refractivity contribution in [2.45, 2.75) is 24.6 Å². The third-order valence-corrected chi connectivity index (χ3v) is 4.99. The Morgan fingerprint density at radius 1 is 1.56 bits per heavy atom. The highest BCUT2D eigenvalue weighted by molar-refractivity contribution is 7.92. The number of nitrogens with two attached hydrogens (primary N) is 1. The lowest BCUT2D eigenvalue weighted by molar-refractivity contribution is 0.416. The monoisotopic (exact) mass is 246 g/mol. The maximum Gasteiger partial charge on any atom is 0.154 e. The number of nitrogens with zero attached hydrogens (tertiary/aromatic N) is 2. The minimum Gasteiger partial charge on any atom is -0.275 e. The molecule has 1 rings (SSSR count). The number of aryl methyl sites for hydroxylation is 1. The van der Waals surface area contributed by atoms with E-state index in [-0.39, 0.29) is 0 Å². The Morgan fingerprint density at radius 3 is 2.44 bits per heavy atom. The molecule has 6 nitrogen and oxygen atoms in total. The van der Waals surface area contributed by atoms with Crippen LogP contribution in [-0.4, -0.2) is 29.2 Å². The zero-order valence-electron chi connectivity index (χ0n) is 9.93. The third kappa shape index (κ3) is 2.26. The van der Waals surface area contributed by atoms with Gasteiger partial charge in [-0.2, -0.15) is 5.10 Å².